The van der Waals surface area contributed by atoms with Crippen LogP contribution in [0.4, 0.5) is 4.39 Å². The maximum absolute atomic E-state index is 13.5. The summed E-state index contributed by atoms with van der Waals surface area (Å²) in [6.07, 6.45) is 0.682. The zero-order valence-electron chi connectivity index (χ0n) is 11.9. The van der Waals surface area contributed by atoms with Gasteiger partial charge in [-0.2, -0.15) is 0 Å². The maximum atomic E-state index is 13.5. The van der Waals surface area contributed by atoms with Gasteiger partial charge in [0.15, 0.2) is 0 Å². The summed E-state index contributed by atoms with van der Waals surface area (Å²) < 4.78 is 18.7. The van der Waals surface area contributed by atoms with Crippen LogP contribution >= 0.6 is 0 Å². The standard InChI is InChI=1S/C17H20FNO/c1-13(15-7-5-8-16(12-15)20-2)19-11-10-14-6-3-4-9-17(14)18/h3-9,12-13,19H,10-11H2,1-2H3. The first-order valence-corrected chi connectivity index (χ1v) is 6.81. The minimum Gasteiger partial charge on any atom is -0.497 e. The summed E-state index contributed by atoms with van der Waals surface area (Å²) in [6, 6.07) is 15.1. The third-order valence-electron chi connectivity index (χ3n) is 3.40. The minimum atomic E-state index is -0.136. The van der Waals surface area contributed by atoms with E-state index < -0.39 is 0 Å². The molecule has 0 aliphatic carbocycles. The molecule has 0 bridgehead atoms. The van der Waals surface area contributed by atoms with Gasteiger partial charge >= 0.3 is 0 Å². The Bertz CT molecular complexity index is 556. The van der Waals surface area contributed by atoms with E-state index in [4.69, 9.17) is 4.74 Å². The molecule has 0 amide bonds. The maximum Gasteiger partial charge on any atom is 0.126 e. The Morgan fingerprint density at radius 3 is 2.70 bits per heavy atom. The molecule has 2 aromatic rings. The number of hydrogen-bond acceptors (Lipinski definition) is 2. The Hall–Kier alpha value is -1.87. The molecule has 0 aliphatic rings. The van der Waals surface area contributed by atoms with Crippen molar-refractivity contribution in [3.8, 4) is 5.75 Å². The lowest BCUT2D eigenvalue weighted by Crippen LogP contribution is -2.21. The molecule has 20 heavy (non-hydrogen) atoms. The summed E-state index contributed by atoms with van der Waals surface area (Å²) in [7, 11) is 1.66. The van der Waals surface area contributed by atoms with Crippen LogP contribution in [0.5, 0.6) is 5.75 Å². The van der Waals surface area contributed by atoms with Gasteiger partial charge in [0.1, 0.15) is 11.6 Å². The first-order chi connectivity index (χ1) is 9.70. The molecule has 0 saturated carbocycles. The molecular formula is C17H20FNO. The monoisotopic (exact) mass is 273 g/mol. The van der Waals surface area contributed by atoms with Crippen LogP contribution in [0.15, 0.2) is 48.5 Å². The van der Waals surface area contributed by atoms with Gasteiger partial charge in [0.05, 0.1) is 7.11 Å². The SMILES string of the molecule is COc1cccc(C(C)NCCc2ccccc2F)c1. The zero-order valence-corrected chi connectivity index (χ0v) is 11.9. The van der Waals surface area contributed by atoms with E-state index in [9.17, 15) is 4.39 Å². The highest BCUT2D eigenvalue weighted by molar-refractivity contribution is 5.30. The molecule has 106 valence electrons. The topological polar surface area (TPSA) is 21.3 Å². The second kappa shape index (κ2) is 7.06. The van der Waals surface area contributed by atoms with E-state index in [1.54, 1.807) is 13.2 Å². The average Bonchev–Trinajstić information content (AvgIpc) is 2.49. The summed E-state index contributed by atoms with van der Waals surface area (Å²) in [4.78, 5) is 0. The van der Waals surface area contributed by atoms with Gasteiger partial charge in [0.2, 0.25) is 0 Å². The normalized spacial score (nSPS) is 12.2. The molecule has 2 aromatic carbocycles. The van der Waals surface area contributed by atoms with Crippen molar-refractivity contribution in [1.29, 1.82) is 0 Å². The summed E-state index contributed by atoms with van der Waals surface area (Å²) >= 11 is 0. The van der Waals surface area contributed by atoms with Gasteiger partial charge in [0.25, 0.3) is 0 Å². The third-order valence-corrected chi connectivity index (χ3v) is 3.40. The van der Waals surface area contributed by atoms with E-state index in [2.05, 4.69) is 18.3 Å². The van der Waals surface area contributed by atoms with Crippen molar-refractivity contribution in [3.05, 3.63) is 65.5 Å². The van der Waals surface area contributed by atoms with Crippen molar-refractivity contribution in [2.75, 3.05) is 13.7 Å². The largest absolute Gasteiger partial charge is 0.497 e. The Labute approximate surface area is 119 Å². The van der Waals surface area contributed by atoms with E-state index >= 15 is 0 Å². The van der Waals surface area contributed by atoms with E-state index in [-0.39, 0.29) is 11.9 Å². The number of hydrogen-bond donors (Lipinski definition) is 1. The molecule has 1 unspecified atom stereocenters. The second-order valence-electron chi connectivity index (χ2n) is 4.79. The molecule has 0 aliphatic heterocycles. The molecule has 3 heteroatoms. The van der Waals surface area contributed by atoms with Crippen LogP contribution in [0.2, 0.25) is 0 Å². The minimum absolute atomic E-state index is 0.136. The molecule has 1 N–H and O–H groups in total. The van der Waals surface area contributed by atoms with Crippen LogP contribution in [0.1, 0.15) is 24.1 Å². The highest BCUT2D eigenvalue weighted by Gasteiger charge is 2.06. The fourth-order valence-corrected chi connectivity index (χ4v) is 2.15. The Morgan fingerprint density at radius 1 is 1.15 bits per heavy atom. The zero-order chi connectivity index (χ0) is 14.4. The number of nitrogens with one attached hydrogen (secondary N) is 1. The lowest BCUT2D eigenvalue weighted by molar-refractivity contribution is 0.413. The van der Waals surface area contributed by atoms with Crippen LogP contribution in [-0.2, 0) is 6.42 Å². The van der Waals surface area contributed by atoms with Gasteiger partial charge in [0, 0.05) is 6.04 Å². The molecular weight excluding hydrogens is 253 g/mol. The first kappa shape index (κ1) is 14.5. The fourth-order valence-electron chi connectivity index (χ4n) is 2.15. The van der Waals surface area contributed by atoms with E-state index in [0.717, 1.165) is 23.4 Å². The van der Waals surface area contributed by atoms with E-state index in [0.29, 0.717) is 6.42 Å². The third kappa shape index (κ3) is 3.81. The molecule has 1 atom stereocenters. The van der Waals surface area contributed by atoms with Crippen LogP contribution < -0.4 is 10.1 Å². The average molecular weight is 273 g/mol. The lowest BCUT2D eigenvalue weighted by atomic mass is 10.1. The van der Waals surface area contributed by atoms with Gasteiger partial charge in [-0.05, 0) is 49.2 Å². The molecule has 0 saturated heterocycles. The van der Waals surface area contributed by atoms with Crippen molar-refractivity contribution < 1.29 is 9.13 Å². The van der Waals surface area contributed by atoms with Crippen LogP contribution in [0.25, 0.3) is 0 Å². The van der Waals surface area contributed by atoms with E-state index in [1.165, 1.54) is 6.07 Å². The van der Waals surface area contributed by atoms with Gasteiger partial charge in [-0.3, -0.25) is 0 Å². The molecule has 2 nitrogen and oxygen atoms in total. The van der Waals surface area contributed by atoms with Crippen LogP contribution in [0.3, 0.4) is 0 Å². The molecule has 0 spiro atoms. The van der Waals surface area contributed by atoms with Crippen molar-refractivity contribution in [2.45, 2.75) is 19.4 Å². The summed E-state index contributed by atoms with van der Waals surface area (Å²) in [6.45, 7) is 2.83. The Balaban J connectivity index is 1.89. The summed E-state index contributed by atoms with van der Waals surface area (Å²) in [5, 5.41) is 3.40. The fraction of sp³-hybridized carbons (Fsp3) is 0.294. The molecule has 0 aromatic heterocycles. The second-order valence-corrected chi connectivity index (χ2v) is 4.79. The molecule has 0 fully saturated rings. The van der Waals surface area contributed by atoms with Crippen LogP contribution in [0, 0.1) is 5.82 Å². The predicted octanol–water partition coefficient (Wildman–Crippen LogP) is 3.73. The number of benzene rings is 2. The number of ether oxygens (including phenoxy) is 1. The summed E-state index contributed by atoms with van der Waals surface area (Å²) in [5.74, 6) is 0.716. The van der Waals surface area contributed by atoms with Crippen molar-refractivity contribution >= 4 is 0 Å². The first-order valence-electron chi connectivity index (χ1n) is 6.81. The highest BCUT2D eigenvalue weighted by atomic mass is 19.1. The van der Waals surface area contributed by atoms with Crippen LogP contribution in [-0.4, -0.2) is 13.7 Å². The summed E-state index contributed by atoms with van der Waals surface area (Å²) in [5.41, 5.74) is 1.91. The smallest absolute Gasteiger partial charge is 0.126 e. The van der Waals surface area contributed by atoms with E-state index in [1.807, 2.05) is 30.3 Å². The van der Waals surface area contributed by atoms with Crippen molar-refractivity contribution in [3.63, 3.8) is 0 Å². The Morgan fingerprint density at radius 2 is 1.95 bits per heavy atom. The number of rotatable bonds is 6. The lowest BCUT2D eigenvalue weighted by Gasteiger charge is -2.15. The predicted molar refractivity (Wildman–Crippen MR) is 79.5 cm³/mol. The van der Waals surface area contributed by atoms with Gasteiger partial charge in [-0.1, -0.05) is 30.3 Å². The van der Waals surface area contributed by atoms with Gasteiger partial charge in [-0.25, -0.2) is 4.39 Å². The van der Waals surface area contributed by atoms with Crippen molar-refractivity contribution in [2.24, 2.45) is 0 Å². The molecule has 2 rings (SSSR count). The number of methoxy groups -OCH3 is 1. The molecule has 0 radical (unpaired) electrons. The number of halogens is 1. The van der Waals surface area contributed by atoms with Crippen molar-refractivity contribution in [1.82, 2.24) is 5.32 Å². The molecule has 0 heterocycles. The van der Waals surface area contributed by atoms with Gasteiger partial charge in [-0.15, -0.1) is 0 Å². The highest BCUT2D eigenvalue weighted by Crippen LogP contribution is 2.18. The van der Waals surface area contributed by atoms with Gasteiger partial charge < -0.3 is 10.1 Å². The quantitative estimate of drug-likeness (QED) is 0.866. The Kier molecular flexibility index (Phi) is 5.13.